The largest absolute Gasteiger partial charge is 0.488 e. The summed E-state index contributed by atoms with van der Waals surface area (Å²) in [4.78, 5) is 0. The van der Waals surface area contributed by atoms with Crippen molar-refractivity contribution >= 4 is 11.6 Å². The molecular formula is C18H20ClNO. The second-order valence-electron chi connectivity index (χ2n) is 5.64. The van der Waals surface area contributed by atoms with E-state index >= 15 is 0 Å². The molecule has 3 unspecified atom stereocenters. The fraction of sp³-hybridized carbons (Fsp3) is 0.333. The molecule has 1 N–H and O–H groups in total. The van der Waals surface area contributed by atoms with Crippen LogP contribution in [0.2, 0.25) is 5.02 Å². The van der Waals surface area contributed by atoms with E-state index in [0.717, 1.165) is 17.2 Å². The quantitative estimate of drug-likeness (QED) is 0.897. The Kier molecular flexibility index (Phi) is 4.18. The van der Waals surface area contributed by atoms with Crippen molar-refractivity contribution in [2.75, 3.05) is 7.05 Å². The maximum atomic E-state index is 6.22. The Bertz CT molecular complexity index is 611. The summed E-state index contributed by atoms with van der Waals surface area (Å²) in [5, 5.41) is 4.14. The van der Waals surface area contributed by atoms with Gasteiger partial charge in [-0.05, 0) is 54.8 Å². The lowest BCUT2D eigenvalue weighted by Gasteiger charge is -2.36. The highest BCUT2D eigenvalue weighted by molar-refractivity contribution is 6.30. The normalized spacial score (nSPS) is 24.4. The number of hydrogen-bond acceptors (Lipinski definition) is 2. The first-order chi connectivity index (χ1) is 10.2. The van der Waals surface area contributed by atoms with Gasteiger partial charge in [-0.3, -0.25) is 0 Å². The Morgan fingerprint density at radius 2 is 1.71 bits per heavy atom. The predicted octanol–water partition coefficient (Wildman–Crippen LogP) is 4.56. The van der Waals surface area contributed by atoms with Crippen LogP contribution >= 0.6 is 11.6 Å². The van der Waals surface area contributed by atoms with Crippen molar-refractivity contribution in [3.63, 3.8) is 0 Å². The highest BCUT2D eigenvalue weighted by Gasteiger charge is 2.33. The van der Waals surface area contributed by atoms with Gasteiger partial charge in [0, 0.05) is 5.02 Å². The van der Waals surface area contributed by atoms with Gasteiger partial charge >= 0.3 is 0 Å². The third-order valence-electron chi connectivity index (χ3n) is 4.23. The summed E-state index contributed by atoms with van der Waals surface area (Å²) in [6.07, 6.45) is 1.13. The first kappa shape index (κ1) is 14.4. The average Bonchev–Trinajstić information content (AvgIpc) is 2.50. The first-order valence-electron chi connectivity index (χ1n) is 7.37. The fourth-order valence-electron chi connectivity index (χ4n) is 3.20. The van der Waals surface area contributed by atoms with E-state index in [4.69, 9.17) is 16.3 Å². The maximum absolute atomic E-state index is 6.22. The van der Waals surface area contributed by atoms with Crippen molar-refractivity contribution in [3.8, 4) is 5.75 Å². The van der Waals surface area contributed by atoms with E-state index in [1.165, 1.54) is 11.1 Å². The lowest BCUT2D eigenvalue weighted by molar-refractivity contribution is 0.130. The molecule has 0 heterocycles. The lowest BCUT2D eigenvalue weighted by atomic mass is 9.79. The average molecular weight is 302 g/mol. The topological polar surface area (TPSA) is 21.3 Å². The summed E-state index contributed by atoms with van der Waals surface area (Å²) in [5.41, 5.74) is 2.77. The molecular weight excluding hydrogens is 282 g/mol. The van der Waals surface area contributed by atoms with Crippen LogP contribution in [-0.4, -0.2) is 13.2 Å². The van der Waals surface area contributed by atoms with Crippen molar-refractivity contribution < 1.29 is 4.74 Å². The standard InChI is InChI=1S/C18H20ClNO/c1-12-11-17(21-14-9-7-13(19)8-10-14)18(20-2)16-6-4-3-5-15(12)16/h3-10,12,17-18,20H,11H2,1-2H3. The van der Waals surface area contributed by atoms with Gasteiger partial charge in [0.05, 0.1) is 6.04 Å². The van der Waals surface area contributed by atoms with Crippen molar-refractivity contribution in [2.45, 2.75) is 31.4 Å². The molecule has 3 atom stereocenters. The van der Waals surface area contributed by atoms with Crippen LogP contribution in [0.25, 0.3) is 0 Å². The lowest BCUT2D eigenvalue weighted by Crippen LogP contribution is -2.38. The number of hydrogen-bond donors (Lipinski definition) is 1. The molecule has 0 aromatic heterocycles. The number of benzene rings is 2. The van der Waals surface area contributed by atoms with Crippen LogP contribution in [0.15, 0.2) is 48.5 Å². The zero-order valence-corrected chi connectivity index (χ0v) is 13.1. The van der Waals surface area contributed by atoms with Gasteiger partial charge in [-0.25, -0.2) is 0 Å². The van der Waals surface area contributed by atoms with E-state index in [0.29, 0.717) is 5.92 Å². The monoisotopic (exact) mass is 301 g/mol. The molecule has 1 aliphatic rings. The molecule has 21 heavy (non-hydrogen) atoms. The van der Waals surface area contributed by atoms with E-state index in [2.05, 4.69) is 36.5 Å². The van der Waals surface area contributed by atoms with Crippen LogP contribution < -0.4 is 10.1 Å². The van der Waals surface area contributed by atoms with Gasteiger partial charge in [-0.1, -0.05) is 42.8 Å². The highest BCUT2D eigenvalue weighted by atomic mass is 35.5. The van der Waals surface area contributed by atoms with Gasteiger partial charge in [0.1, 0.15) is 11.9 Å². The van der Waals surface area contributed by atoms with Gasteiger partial charge < -0.3 is 10.1 Å². The molecule has 2 nitrogen and oxygen atoms in total. The molecule has 110 valence electrons. The molecule has 0 saturated heterocycles. The van der Waals surface area contributed by atoms with Gasteiger partial charge in [0.15, 0.2) is 0 Å². The Balaban J connectivity index is 1.87. The van der Waals surface area contributed by atoms with Crippen LogP contribution in [-0.2, 0) is 0 Å². The highest BCUT2D eigenvalue weighted by Crippen LogP contribution is 2.39. The summed E-state index contributed by atoms with van der Waals surface area (Å²) in [5.74, 6) is 1.37. The molecule has 2 aromatic rings. The Labute approximate surface area is 131 Å². The van der Waals surface area contributed by atoms with Gasteiger partial charge in [-0.2, -0.15) is 0 Å². The summed E-state index contributed by atoms with van der Waals surface area (Å²) in [7, 11) is 2.00. The van der Waals surface area contributed by atoms with E-state index in [-0.39, 0.29) is 12.1 Å². The van der Waals surface area contributed by atoms with Crippen molar-refractivity contribution in [2.24, 2.45) is 0 Å². The van der Waals surface area contributed by atoms with E-state index in [1.807, 2.05) is 31.3 Å². The molecule has 3 rings (SSSR count). The Morgan fingerprint density at radius 1 is 1.05 bits per heavy atom. The van der Waals surface area contributed by atoms with Crippen LogP contribution in [0.4, 0.5) is 0 Å². The van der Waals surface area contributed by atoms with Gasteiger partial charge in [-0.15, -0.1) is 0 Å². The molecule has 0 amide bonds. The minimum absolute atomic E-state index is 0.126. The molecule has 0 saturated carbocycles. The van der Waals surface area contributed by atoms with Crippen molar-refractivity contribution in [3.05, 3.63) is 64.7 Å². The molecule has 2 aromatic carbocycles. The number of likely N-dealkylation sites (N-methyl/N-ethyl adjacent to an activating group) is 1. The smallest absolute Gasteiger partial charge is 0.119 e. The molecule has 0 fully saturated rings. The van der Waals surface area contributed by atoms with Gasteiger partial charge in [0.25, 0.3) is 0 Å². The third-order valence-corrected chi connectivity index (χ3v) is 4.48. The zero-order chi connectivity index (χ0) is 14.8. The maximum Gasteiger partial charge on any atom is 0.119 e. The molecule has 0 bridgehead atoms. The van der Waals surface area contributed by atoms with Gasteiger partial charge in [0.2, 0.25) is 0 Å². The SMILES string of the molecule is CNC1c2ccccc2C(C)CC1Oc1ccc(Cl)cc1. The third kappa shape index (κ3) is 2.92. The number of rotatable bonds is 3. The van der Waals surface area contributed by atoms with E-state index < -0.39 is 0 Å². The van der Waals surface area contributed by atoms with Crippen LogP contribution in [0.3, 0.4) is 0 Å². The van der Waals surface area contributed by atoms with Crippen LogP contribution in [0, 0.1) is 0 Å². The molecule has 3 heteroatoms. The molecule has 0 aliphatic heterocycles. The summed E-state index contributed by atoms with van der Waals surface area (Å²) < 4.78 is 6.22. The van der Waals surface area contributed by atoms with Crippen molar-refractivity contribution in [1.82, 2.24) is 5.32 Å². The van der Waals surface area contributed by atoms with Crippen LogP contribution in [0.1, 0.15) is 36.4 Å². The zero-order valence-electron chi connectivity index (χ0n) is 12.3. The molecule has 0 spiro atoms. The first-order valence-corrected chi connectivity index (χ1v) is 7.75. The minimum Gasteiger partial charge on any atom is -0.488 e. The predicted molar refractivity (Wildman–Crippen MR) is 87.1 cm³/mol. The van der Waals surface area contributed by atoms with E-state index in [1.54, 1.807) is 0 Å². The second kappa shape index (κ2) is 6.08. The second-order valence-corrected chi connectivity index (χ2v) is 6.08. The number of ether oxygens (including phenoxy) is 1. The summed E-state index contributed by atoms with van der Waals surface area (Å²) >= 11 is 5.93. The molecule has 0 radical (unpaired) electrons. The van der Waals surface area contributed by atoms with Crippen LogP contribution in [0.5, 0.6) is 5.75 Å². The fourth-order valence-corrected chi connectivity index (χ4v) is 3.33. The Hall–Kier alpha value is -1.51. The number of fused-ring (bicyclic) bond motifs is 1. The number of nitrogens with one attached hydrogen (secondary N) is 1. The van der Waals surface area contributed by atoms with Crippen molar-refractivity contribution in [1.29, 1.82) is 0 Å². The summed E-state index contributed by atoms with van der Waals surface area (Å²) in [6.45, 7) is 2.27. The number of halogens is 1. The Morgan fingerprint density at radius 3 is 2.38 bits per heavy atom. The minimum atomic E-state index is 0.126. The van der Waals surface area contributed by atoms with E-state index in [9.17, 15) is 0 Å². The summed E-state index contributed by atoms with van der Waals surface area (Å²) in [6, 6.07) is 16.4. The molecule has 1 aliphatic carbocycles.